The van der Waals surface area contributed by atoms with Crippen LogP contribution in [0.4, 0.5) is 18.9 Å². The Bertz CT molecular complexity index is 1460. The molecule has 1 aliphatic heterocycles. The number of ether oxygens (including phenoxy) is 2. The van der Waals surface area contributed by atoms with Gasteiger partial charge in [0.1, 0.15) is 0 Å². The lowest BCUT2D eigenvalue weighted by molar-refractivity contribution is -0.137. The Kier molecular flexibility index (Phi) is 5.29. The Balaban J connectivity index is 0.00000304. The zero-order chi connectivity index (χ0) is 25.0. The molecule has 184 valence electrons. The summed E-state index contributed by atoms with van der Waals surface area (Å²) in [6.45, 7) is 0.0962. The Morgan fingerprint density at radius 3 is 2.43 bits per heavy atom. The molecular weight excluding hydrogens is 485 g/mol. The summed E-state index contributed by atoms with van der Waals surface area (Å²) in [6.07, 6.45) is -3.57. The van der Waals surface area contributed by atoms with E-state index in [2.05, 4.69) is 5.32 Å². The summed E-state index contributed by atoms with van der Waals surface area (Å²) in [6, 6.07) is 13.4. The molecule has 3 aromatic carbocycles. The molecule has 0 aromatic heterocycles. The highest BCUT2D eigenvalue weighted by Gasteiger charge is 2.51. The smallest absolute Gasteiger partial charge is 0.417 e. The number of nitrogens with one attached hydrogen (secondary N) is 1. The minimum Gasteiger partial charge on any atom is -0.454 e. The first-order chi connectivity index (χ1) is 16.5. The van der Waals surface area contributed by atoms with Crippen LogP contribution in [0.3, 0.4) is 0 Å². The second-order valence-electron chi connectivity index (χ2n) is 8.44. The van der Waals surface area contributed by atoms with Crippen molar-refractivity contribution in [3.8, 4) is 22.6 Å². The minimum atomic E-state index is -4.71. The summed E-state index contributed by atoms with van der Waals surface area (Å²) in [5, 5.41) is 7.87. The molecular formula is C24H21F3N2O5S. The Labute approximate surface area is 200 Å². The average Bonchev–Trinajstić information content (AvgIpc) is 3.49. The van der Waals surface area contributed by atoms with Crippen LogP contribution in [-0.2, 0) is 26.4 Å². The number of sulfonamides is 1. The number of halogens is 3. The number of rotatable bonds is 5. The number of primary sulfonamides is 1. The molecule has 1 fully saturated rings. The summed E-state index contributed by atoms with van der Waals surface area (Å²) < 4.78 is 75.3. The van der Waals surface area contributed by atoms with E-state index >= 15 is 0 Å². The number of nitrogens with two attached hydrogens (primary N) is 1. The van der Waals surface area contributed by atoms with Gasteiger partial charge >= 0.3 is 6.18 Å². The fraction of sp³-hybridized carbons (Fsp3) is 0.208. The molecule has 0 bridgehead atoms. The third-order valence-corrected chi connectivity index (χ3v) is 7.08. The molecule has 1 saturated carbocycles. The minimum absolute atomic E-state index is 0. The van der Waals surface area contributed by atoms with E-state index in [4.69, 9.17) is 14.6 Å². The number of anilines is 1. The highest BCUT2D eigenvalue weighted by atomic mass is 32.2. The van der Waals surface area contributed by atoms with E-state index in [9.17, 15) is 26.4 Å². The van der Waals surface area contributed by atoms with E-state index < -0.39 is 27.2 Å². The summed E-state index contributed by atoms with van der Waals surface area (Å²) >= 11 is 0. The maximum Gasteiger partial charge on any atom is 0.417 e. The molecule has 35 heavy (non-hydrogen) atoms. The molecule has 5 rings (SSSR count). The number of carbonyl (C=O) groups excluding carboxylic acids is 1. The second kappa shape index (κ2) is 7.99. The quantitative estimate of drug-likeness (QED) is 0.523. The van der Waals surface area contributed by atoms with Gasteiger partial charge in [0.15, 0.2) is 11.5 Å². The lowest BCUT2D eigenvalue weighted by atomic mass is 9.94. The van der Waals surface area contributed by atoms with Crippen molar-refractivity contribution in [3.63, 3.8) is 0 Å². The van der Waals surface area contributed by atoms with E-state index in [-0.39, 0.29) is 35.8 Å². The first-order valence-electron chi connectivity index (χ1n) is 10.5. The molecule has 1 heterocycles. The fourth-order valence-electron chi connectivity index (χ4n) is 4.17. The Hall–Kier alpha value is -3.57. The van der Waals surface area contributed by atoms with Gasteiger partial charge in [-0.1, -0.05) is 18.2 Å². The molecule has 11 heteroatoms. The maximum absolute atomic E-state index is 13.7. The van der Waals surface area contributed by atoms with Gasteiger partial charge in [0.05, 0.1) is 15.9 Å². The van der Waals surface area contributed by atoms with Crippen LogP contribution in [0.1, 0.15) is 25.4 Å². The van der Waals surface area contributed by atoms with Crippen molar-refractivity contribution in [2.45, 2.75) is 29.3 Å². The van der Waals surface area contributed by atoms with E-state index in [0.717, 1.165) is 17.7 Å². The van der Waals surface area contributed by atoms with Crippen LogP contribution in [0.25, 0.3) is 11.1 Å². The number of hydrogen-bond donors (Lipinski definition) is 2. The van der Waals surface area contributed by atoms with Crippen LogP contribution in [0.2, 0.25) is 0 Å². The molecule has 2 aliphatic rings. The summed E-state index contributed by atoms with van der Waals surface area (Å²) in [5.74, 6) is 0.757. The third-order valence-electron chi connectivity index (χ3n) is 6.17. The number of fused-ring (bicyclic) bond motifs is 1. The van der Waals surface area contributed by atoms with E-state index in [1.165, 1.54) is 30.3 Å². The molecule has 0 radical (unpaired) electrons. The van der Waals surface area contributed by atoms with Crippen LogP contribution >= 0.6 is 0 Å². The Morgan fingerprint density at radius 1 is 1.00 bits per heavy atom. The third kappa shape index (κ3) is 4.32. The van der Waals surface area contributed by atoms with Crippen LogP contribution in [-0.4, -0.2) is 21.1 Å². The largest absolute Gasteiger partial charge is 0.454 e. The van der Waals surface area contributed by atoms with Gasteiger partial charge in [-0.2, -0.15) is 13.2 Å². The predicted molar refractivity (Wildman–Crippen MR) is 122 cm³/mol. The van der Waals surface area contributed by atoms with Gasteiger partial charge in [-0.05, 0) is 72.0 Å². The van der Waals surface area contributed by atoms with Crippen molar-refractivity contribution in [1.82, 2.24) is 0 Å². The SMILES string of the molecule is NS(=O)(=O)c1cccc(-c2cc(NC(=O)C3(c4ccc5c(c4)OCO5)CC3)ccc2C(F)(F)F)c1.[HH]. The van der Waals surface area contributed by atoms with Gasteiger partial charge in [-0.25, -0.2) is 13.6 Å². The van der Waals surface area contributed by atoms with Gasteiger partial charge in [-0.15, -0.1) is 0 Å². The van der Waals surface area contributed by atoms with E-state index in [0.29, 0.717) is 24.3 Å². The lowest BCUT2D eigenvalue weighted by Crippen LogP contribution is -2.27. The van der Waals surface area contributed by atoms with Crippen molar-refractivity contribution >= 4 is 21.6 Å². The van der Waals surface area contributed by atoms with Crippen LogP contribution < -0.4 is 19.9 Å². The van der Waals surface area contributed by atoms with Gasteiger partial charge in [-0.3, -0.25) is 4.79 Å². The van der Waals surface area contributed by atoms with Gasteiger partial charge < -0.3 is 14.8 Å². The molecule has 0 spiro atoms. The fourth-order valence-corrected chi connectivity index (χ4v) is 4.72. The van der Waals surface area contributed by atoms with E-state index in [1.807, 2.05) is 0 Å². The standard InChI is InChI=1S/C24H19F3N2O5S.H2/c25-24(26,27)19-6-5-16(12-18(19)14-2-1-3-17(10-14)35(28,31)32)29-22(30)23(8-9-23)15-4-7-20-21(11-15)34-13-33-20;/h1-7,10-12H,8-9,13H2,(H,29,30)(H2,28,31,32);1H. The zero-order valence-electron chi connectivity index (χ0n) is 18.1. The molecule has 7 nitrogen and oxygen atoms in total. The van der Waals surface area contributed by atoms with Crippen LogP contribution in [0, 0.1) is 0 Å². The highest BCUT2D eigenvalue weighted by Crippen LogP contribution is 2.51. The predicted octanol–water partition coefficient (Wildman–Crippen LogP) is 4.66. The number of carbonyl (C=O) groups is 1. The average molecular weight is 507 g/mol. The zero-order valence-corrected chi connectivity index (χ0v) is 18.9. The maximum atomic E-state index is 13.7. The first kappa shape index (κ1) is 23.2. The highest BCUT2D eigenvalue weighted by molar-refractivity contribution is 7.89. The number of amides is 1. The van der Waals surface area contributed by atoms with Gasteiger partial charge in [0.25, 0.3) is 0 Å². The van der Waals surface area contributed by atoms with Crippen molar-refractivity contribution in [2.24, 2.45) is 5.14 Å². The summed E-state index contributed by atoms with van der Waals surface area (Å²) in [4.78, 5) is 12.9. The monoisotopic (exact) mass is 506 g/mol. The summed E-state index contributed by atoms with van der Waals surface area (Å²) in [7, 11) is -4.13. The molecule has 1 amide bonds. The number of benzene rings is 3. The van der Waals surface area contributed by atoms with Crippen molar-refractivity contribution in [1.29, 1.82) is 0 Å². The Morgan fingerprint density at radius 2 is 1.74 bits per heavy atom. The van der Waals surface area contributed by atoms with Crippen molar-refractivity contribution in [2.75, 3.05) is 12.1 Å². The first-order valence-corrected chi connectivity index (χ1v) is 12.1. The van der Waals surface area contributed by atoms with Crippen molar-refractivity contribution in [3.05, 3.63) is 71.8 Å². The van der Waals surface area contributed by atoms with Crippen LogP contribution in [0.15, 0.2) is 65.6 Å². The number of alkyl halides is 3. The van der Waals surface area contributed by atoms with Crippen molar-refractivity contribution < 1.29 is 37.3 Å². The topological polar surface area (TPSA) is 108 Å². The molecule has 0 unspecified atom stereocenters. The normalized spacial score (nSPS) is 16.1. The van der Waals surface area contributed by atoms with Crippen LogP contribution in [0.5, 0.6) is 11.5 Å². The molecule has 3 aromatic rings. The summed E-state index contributed by atoms with van der Waals surface area (Å²) in [5.41, 5.74) is -1.21. The molecule has 1 aliphatic carbocycles. The van der Waals surface area contributed by atoms with Gasteiger partial charge in [0.2, 0.25) is 22.7 Å². The number of hydrogen-bond acceptors (Lipinski definition) is 5. The second-order valence-corrected chi connectivity index (χ2v) is 10.00. The molecule has 0 saturated heterocycles. The van der Waals surface area contributed by atoms with Gasteiger partial charge in [0, 0.05) is 7.11 Å². The lowest BCUT2D eigenvalue weighted by Gasteiger charge is -2.19. The molecule has 0 atom stereocenters. The molecule has 3 N–H and O–H groups in total. The van der Waals surface area contributed by atoms with E-state index in [1.54, 1.807) is 18.2 Å².